The Hall–Kier alpha value is -2.45. The zero-order valence-corrected chi connectivity index (χ0v) is 9.77. The Morgan fingerprint density at radius 3 is 2.53 bits per heavy atom. The molecule has 17 heavy (non-hydrogen) atoms. The molecule has 0 saturated heterocycles. The number of esters is 1. The maximum atomic E-state index is 10.4. The van der Waals surface area contributed by atoms with Gasteiger partial charge in [0.25, 0.3) is 0 Å². The summed E-state index contributed by atoms with van der Waals surface area (Å²) in [6.45, 7) is 5.14. The summed E-state index contributed by atoms with van der Waals surface area (Å²) in [6.07, 6.45) is 12.1. The molecule has 0 aliphatic carbocycles. The van der Waals surface area contributed by atoms with Crippen LogP contribution in [0.15, 0.2) is 49.1 Å². The van der Waals surface area contributed by atoms with E-state index in [0.29, 0.717) is 0 Å². The molecule has 0 N–H and O–H groups in total. The molecule has 0 saturated carbocycles. The molecule has 0 heterocycles. The molecule has 2 heteroatoms. The van der Waals surface area contributed by atoms with Crippen molar-refractivity contribution >= 4 is 5.97 Å². The van der Waals surface area contributed by atoms with Gasteiger partial charge in [0.05, 0.1) is 0 Å². The van der Waals surface area contributed by atoms with Crippen LogP contribution in [-0.2, 0) is 9.53 Å². The van der Waals surface area contributed by atoms with E-state index in [4.69, 9.17) is 0 Å². The third kappa shape index (κ3) is 13.6. The fraction of sp³-hybridized carbons (Fsp3) is 0.133. The van der Waals surface area contributed by atoms with Gasteiger partial charge in [0.15, 0.2) is 0 Å². The van der Waals surface area contributed by atoms with E-state index >= 15 is 0 Å². The van der Waals surface area contributed by atoms with E-state index in [9.17, 15) is 4.79 Å². The first-order valence-electron chi connectivity index (χ1n) is 5.01. The standard InChI is InChI=1S/C15H14O2/c1-3-4-5-6-7-8-9-10-11-12-13-14-17-15(2)16/h3-7,12-13H,1,14H2,2H3. The van der Waals surface area contributed by atoms with Gasteiger partial charge in [-0.25, -0.2) is 0 Å². The highest BCUT2D eigenvalue weighted by molar-refractivity contribution is 5.66. The number of allylic oxidation sites excluding steroid dienone is 6. The quantitative estimate of drug-likeness (QED) is 0.418. The second-order valence-electron chi connectivity index (χ2n) is 2.72. The van der Waals surface area contributed by atoms with Gasteiger partial charge in [-0.3, -0.25) is 4.79 Å². The van der Waals surface area contributed by atoms with Gasteiger partial charge in [0.1, 0.15) is 6.61 Å². The van der Waals surface area contributed by atoms with Crippen molar-refractivity contribution in [1.82, 2.24) is 0 Å². The first-order chi connectivity index (χ1) is 8.27. The van der Waals surface area contributed by atoms with E-state index in [-0.39, 0.29) is 12.6 Å². The molecular weight excluding hydrogens is 212 g/mol. The van der Waals surface area contributed by atoms with Crippen LogP contribution in [0.4, 0.5) is 0 Å². The molecule has 0 unspecified atom stereocenters. The average molecular weight is 226 g/mol. The summed E-state index contributed by atoms with van der Waals surface area (Å²) < 4.78 is 4.67. The van der Waals surface area contributed by atoms with Gasteiger partial charge in [-0.2, -0.15) is 0 Å². The maximum Gasteiger partial charge on any atom is 0.302 e. The van der Waals surface area contributed by atoms with Crippen LogP contribution < -0.4 is 0 Å². The minimum absolute atomic E-state index is 0.240. The van der Waals surface area contributed by atoms with E-state index in [1.54, 1.807) is 30.4 Å². The summed E-state index contributed by atoms with van der Waals surface area (Å²) >= 11 is 0. The largest absolute Gasteiger partial charge is 0.462 e. The van der Waals surface area contributed by atoms with E-state index in [2.05, 4.69) is 35.0 Å². The molecular formula is C15H14O2. The summed E-state index contributed by atoms with van der Waals surface area (Å²) in [5, 5.41) is 0. The van der Waals surface area contributed by atoms with Gasteiger partial charge in [-0.1, -0.05) is 42.7 Å². The smallest absolute Gasteiger partial charge is 0.302 e. The summed E-state index contributed by atoms with van der Waals surface area (Å²) in [5.41, 5.74) is 0. The highest BCUT2D eigenvalue weighted by Crippen LogP contribution is 1.78. The van der Waals surface area contributed by atoms with Crippen molar-refractivity contribution in [2.75, 3.05) is 6.61 Å². The zero-order chi connectivity index (χ0) is 12.8. The number of hydrogen-bond acceptors (Lipinski definition) is 2. The lowest BCUT2D eigenvalue weighted by Crippen LogP contribution is -1.96. The molecule has 0 aromatic carbocycles. The molecule has 0 aromatic rings. The van der Waals surface area contributed by atoms with Crippen LogP contribution in [0.2, 0.25) is 0 Å². The predicted octanol–water partition coefficient (Wildman–Crippen LogP) is 2.41. The third-order valence-corrected chi connectivity index (χ3v) is 1.33. The Bertz CT molecular complexity index is 443. The molecule has 0 radical (unpaired) electrons. The van der Waals surface area contributed by atoms with Crippen LogP contribution in [0.3, 0.4) is 0 Å². The van der Waals surface area contributed by atoms with Crippen LogP contribution >= 0.6 is 0 Å². The molecule has 0 rings (SSSR count). The van der Waals surface area contributed by atoms with Crippen LogP contribution in [-0.4, -0.2) is 12.6 Å². The Morgan fingerprint density at radius 2 is 1.88 bits per heavy atom. The summed E-state index contributed by atoms with van der Waals surface area (Å²) in [6, 6.07) is 0. The normalized spacial score (nSPS) is 9.71. The fourth-order valence-corrected chi connectivity index (χ4v) is 0.674. The van der Waals surface area contributed by atoms with Crippen molar-refractivity contribution in [2.24, 2.45) is 0 Å². The van der Waals surface area contributed by atoms with Crippen molar-refractivity contribution in [2.45, 2.75) is 6.92 Å². The van der Waals surface area contributed by atoms with Crippen LogP contribution in [0.1, 0.15) is 6.92 Å². The van der Waals surface area contributed by atoms with Gasteiger partial charge < -0.3 is 4.74 Å². The highest BCUT2D eigenvalue weighted by atomic mass is 16.5. The molecule has 2 nitrogen and oxygen atoms in total. The lowest BCUT2D eigenvalue weighted by Gasteiger charge is -1.91. The van der Waals surface area contributed by atoms with Gasteiger partial charge >= 0.3 is 5.97 Å². The minimum Gasteiger partial charge on any atom is -0.462 e. The minimum atomic E-state index is -0.305. The Balaban J connectivity index is 3.84. The van der Waals surface area contributed by atoms with Crippen molar-refractivity contribution in [3.63, 3.8) is 0 Å². The lowest BCUT2D eigenvalue weighted by atomic mass is 10.4. The second-order valence-corrected chi connectivity index (χ2v) is 2.72. The molecule has 0 spiro atoms. The summed E-state index contributed by atoms with van der Waals surface area (Å²) in [7, 11) is 0. The van der Waals surface area contributed by atoms with Crippen molar-refractivity contribution in [3.8, 4) is 23.7 Å². The monoisotopic (exact) mass is 226 g/mol. The lowest BCUT2D eigenvalue weighted by molar-refractivity contribution is -0.139. The van der Waals surface area contributed by atoms with Gasteiger partial charge in [-0.15, -0.1) is 0 Å². The van der Waals surface area contributed by atoms with Crippen LogP contribution in [0.25, 0.3) is 0 Å². The Kier molecular flexibility index (Phi) is 9.95. The number of carbonyl (C=O) groups excluding carboxylic acids is 1. The SMILES string of the molecule is C=CC=CC=CC#CC#CC=CCOC(C)=O. The Labute approximate surface area is 102 Å². The first kappa shape index (κ1) is 14.6. The average Bonchev–Trinajstić information content (AvgIpc) is 2.30. The van der Waals surface area contributed by atoms with Gasteiger partial charge in [0.2, 0.25) is 0 Å². The summed E-state index contributed by atoms with van der Waals surface area (Å²) in [4.78, 5) is 10.4. The predicted molar refractivity (Wildman–Crippen MR) is 69.8 cm³/mol. The molecule has 0 aromatic heterocycles. The van der Waals surface area contributed by atoms with Crippen molar-refractivity contribution < 1.29 is 9.53 Å². The first-order valence-corrected chi connectivity index (χ1v) is 5.01. The molecule has 0 bridgehead atoms. The summed E-state index contributed by atoms with van der Waals surface area (Å²) in [5.74, 6) is 10.4. The number of carbonyl (C=O) groups is 1. The molecule has 0 fully saturated rings. The third-order valence-electron chi connectivity index (χ3n) is 1.33. The van der Waals surface area contributed by atoms with Crippen molar-refractivity contribution in [3.05, 3.63) is 49.1 Å². The highest BCUT2D eigenvalue weighted by Gasteiger charge is 1.84. The van der Waals surface area contributed by atoms with E-state index in [1.807, 2.05) is 12.2 Å². The topological polar surface area (TPSA) is 26.3 Å². The zero-order valence-electron chi connectivity index (χ0n) is 9.77. The molecule has 0 aliphatic heterocycles. The maximum absolute atomic E-state index is 10.4. The fourth-order valence-electron chi connectivity index (χ4n) is 0.674. The molecule has 0 aliphatic rings. The van der Waals surface area contributed by atoms with E-state index in [0.717, 1.165) is 0 Å². The van der Waals surface area contributed by atoms with Crippen LogP contribution in [0, 0.1) is 23.7 Å². The molecule has 0 amide bonds. The van der Waals surface area contributed by atoms with Gasteiger partial charge in [0, 0.05) is 6.92 Å². The number of hydrogen-bond donors (Lipinski definition) is 0. The second kappa shape index (κ2) is 11.6. The van der Waals surface area contributed by atoms with E-state index < -0.39 is 0 Å². The number of ether oxygens (including phenoxy) is 1. The number of rotatable bonds is 4. The Morgan fingerprint density at radius 1 is 1.18 bits per heavy atom. The van der Waals surface area contributed by atoms with Crippen LogP contribution in [0.5, 0.6) is 0 Å². The van der Waals surface area contributed by atoms with Crippen molar-refractivity contribution in [1.29, 1.82) is 0 Å². The van der Waals surface area contributed by atoms with Gasteiger partial charge in [-0.05, 0) is 30.1 Å². The molecule has 86 valence electrons. The van der Waals surface area contributed by atoms with E-state index in [1.165, 1.54) is 6.92 Å². The molecule has 0 atom stereocenters.